The summed E-state index contributed by atoms with van der Waals surface area (Å²) >= 11 is 3.25. The van der Waals surface area contributed by atoms with Gasteiger partial charge in [-0.3, -0.25) is 4.79 Å². The summed E-state index contributed by atoms with van der Waals surface area (Å²) in [6.07, 6.45) is 0.815. The molecule has 0 radical (unpaired) electrons. The number of amides is 1. The van der Waals surface area contributed by atoms with E-state index < -0.39 is 5.97 Å². The molecule has 0 bridgehead atoms. The van der Waals surface area contributed by atoms with E-state index in [1.165, 1.54) is 12.1 Å². The number of carbonyl (C=O) groups is 2. The number of carbonyl (C=O) groups excluding carboxylic acids is 1. The Morgan fingerprint density at radius 3 is 2.67 bits per heavy atom. The van der Waals surface area contributed by atoms with Crippen LogP contribution in [0, 0.1) is 0 Å². The lowest BCUT2D eigenvalue weighted by molar-refractivity contribution is -0.0897. The average molecular weight is 356 g/mol. The van der Waals surface area contributed by atoms with Crippen LogP contribution < -0.4 is 0 Å². The van der Waals surface area contributed by atoms with Crippen molar-refractivity contribution < 1.29 is 19.4 Å². The third-order valence-corrected chi connectivity index (χ3v) is 4.22. The first-order chi connectivity index (χ1) is 9.84. The van der Waals surface area contributed by atoms with E-state index in [0.29, 0.717) is 29.7 Å². The number of hydrogen-bond donors (Lipinski definition) is 1. The molecule has 1 N–H and O–H groups in total. The van der Waals surface area contributed by atoms with E-state index >= 15 is 0 Å². The molecule has 1 amide bonds. The summed E-state index contributed by atoms with van der Waals surface area (Å²) in [6.45, 7) is 5.53. The van der Waals surface area contributed by atoms with Gasteiger partial charge in [0, 0.05) is 23.1 Å². The molecule has 0 spiro atoms. The Balaban J connectivity index is 2.25. The minimum atomic E-state index is -1.05. The van der Waals surface area contributed by atoms with E-state index in [1.54, 1.807) is 11.0 Å². The highest BCUT2D eigenvalue weighted by atomic mass is 79.9. The second kappa shape index (κ2) is 6.15. The SMILES string of the molecule is CCC1(C)CN(C(=O)c2cc(Br)cc(C(=O)O)c2)CCO1. The summed E-state index contributed by atoms with van der Waals surface area (Å²) in [7, 11) is 0. The van der Waals surface area contributed by atoms with Crippen LogP contribution in [-0.2, 0) is 4.74 Å². The second-order valence-corrected chi connectivity index (χ2v) is 6.33. The van der Waals surface area contributed by atoms with Crippen LogP contribution in [0.4, 0.5) is 0 Å². The van der Waals surface area contributed by atoms with Gasteiger partial charge in [-0.25, -0.2) is 4.79 Å². The van der Waals surface area contributed by atoms with Crippen molar-refractivity contribution in [2.24, 2.45) is 0 Å². The zero-order chi connectivity index (χ0) is 15.6. The number of carboxylic acids is 1. The lowest BCUT2D eigenvalue weighted by Gasteiger charge is -2.40. The number of carboxylic acid groups (broad SMARTS) is 1. The number of halogens is 1. The maximum atomic E-state index is 12.6. The Hall–Kier alpha value is -1.40. The summed E-state index contributed by atoms with van der Waals surface area (Å²) in [5.41, 5.74) is 0.136. The Morgan fingerprint density at radius 2 is 2.05 bits per heavy atom. The van der Waals surface area contributed by atoms with Crippen molar-refractivity contribution in [2.75, 3.05) is 19.7 Å². The average Bonchev–Trinajstić information content (AvgIpc) is 2.46. The second-order valence-electron chi connectivity index (χ2n) is 5.41. The fourth-order valence-electron chi connectivity index (χ4n) is 2.34. The van der Waals surface area contributed by atoms with Gasteiger partial charge in [0.2, 0.25) is 0 Å². The van der Waals surface area contributed by atoms with Crippen LogP contribution in [-0.4, -0.2) is 47.2 Å². The third kappa shape index (κ3) is 3.63. The number of rotatable bonds is 3. The van der Waals surface area contributed by atoms with Gasteiger partial charge in [-0.15, -0.1) is 0 Å². The van der Waals surface area contributed by atoms with Gasteiger partial charge in [0.15, 0.2) is 0 Å². The van der Waals surface area contributed by atoms with Crippen molar-refractivity contribution >= 4 is 27.8 Å². The zero-order valence-electron chi connectivity index (χ0n) is 12.1. The lowest BCUT2D eigenvalue weighted by atomic mass is 10.00. The molecule has 1 heterocycles. The molecule has 1 aromatic carbocycles. The van der Waals surface area contributed by atoms with Crippen molar-refractivity contribution in [3.63, 3.8) is 0 Å². The zero-order valence-corrected chi connectivity index (χ0v) is 13.6. The van der Waals surface area contributed by atoms with Crippen LogP contribution in [0.1, 0.15) is 41.0 Å². The summed E-state index contributed by atoms with van der Waals surface area (Å²) in [5, 5.41) is 9.08. The van der Waals surface area contributed by atoms with E-state index in [9.17, 15) is 9.59 Å². The van der Waals surface area contributed by atoms with Crippen molar-refractivity contribution in [3.8, 4) is 0 Å². The molecule has 0 aliphatic carbocycles. The molecular weight excluding hydrogens is 338 g/mol. The first-order valence-corrected chi connectivity index (χ1v) is 7.61. The highest BCUT2D eigenvalue weighted by Gasteiger charge is 2.33. The fourth-order valence-corrected chi connectivity index (χ4v) is 2.83. The molecule has 2 rings (SSSR count). The quantitative estimate of drug-likeness (QED) is 0.905. The van der Waals surface area contributed by atoms with Crippen LogP contribution in [0.3, 0.4) is 0 Å². The van der Waals surface area contributed by atoms with Gasteiger partial charge in [-0.1, -0.05) is 22.9 Å². The molecular formula is C15H18BrNO4. The molecule has 1 saturated heterocycles. The maximum Gasteiger partial charge on any atom is 0.335 e. The topological polar surface area (TPSA) is 66.8 Å². The highest BCUT2D eigenvalue weighted by Crippen LogP contribution is 2.24. The molecule has 1 aliphatic heterocycles. The minimum Gasteiger partial charge on any atom is -0.478 e. The molecule has 1 aliphatic rings. The summed E-state index contributed by atoms with van der Waals surface area (Å²) in [5.74, 6) is -1.22. The molecule has 0 aromatic heterocycles. The maximum absolute atomic E-state index is 12.6. The van der Waals surface area contributed by atoms with Gasteiger partial charge in [-0.2, -0.15) is 0 Å². The molecule has 0 saturated carbocycles. The number of aromatic carboxylic acids is 1. The van der Waals surface area contributed by atoms with Gasteiger partial charge < -0.3 is 14.7 Å². The van der Waals surface area contributed by atoms with Gasteiger partial charge >= 0.3 is 5.97 Å². The number of benzene rings is 1. The van der Waals surface area contributed by atoms with E-state index in [4.69, 9.17) is 9.84 Å². The van der Waals surface area contributed by atoms with Gasteiger partial charge in [0.1, 0.15) is 0 Å². The number of morpholine rings is 1. The van der Waals surface area contributed by atoms with E-state index in [-0.39, 0.29) is 17.1 Å². The number of nitrogens with zero attached hydrogens (tertiary/aromatic N) is 1. The summed E-state index contributed by atoms with van der Waals surface area (Å²) < 4.78 is 6.30. The smallest absolute Gasteiger partial charge is 0.335 e. The Kier molecular flexibility index (Phi) is 4.68. The minimum absolute atomic E-state index is 0.0965. The van der Waals surface area contributed by atoms with E-state index in [2.05, 4.69) is 15.9 Å². The molecule has 114 valence electrons. The predicted octanol–water partition coefficient (Wildman–Crippen LogP) is 2.79. The molecule has 1 aromatic rings. The largest absolute Gasteiger partial charge is 0.478 e. The van der Waals surface area contributed by atoms with Gasteiger partial charge in [-0.05, 0) is 31.5 Å². The molecule has 21 heavy (non-hydrogen) atoms. The molecule has 1 unspecified atom stereocenters. The third-order valence-electron chi connectivity index (χ3n) is 3.76. The van der Waals surface area contributed by atoms with E-state index in [0.717, 1.165) is 6.42 Å². The Bertz CT molecular complexity index is 575. The number of hydrogen-bond acceptors (Lipinski definition) is 3. The summed E-state index contributed by atoms with van der Waals surface area (Å²) in [4.78, 5) is 25.4. The number of ether oxygens (including phenoxy) is 1. The van der Waals surface area contributed by atoms with Crippen molar-refractivity contribution in [2.45, 2.75) is 25.9 Å². The Labute approximate surface area is 132 Å². The van der Waals surface area contributed by atoms with Crippen LogP contribution >= 0.6 is 15.9 Å². The first kappa shape index (κ1) is 16.0. The normalized spacial score (nSPS) is 22.1. The molecule has 5 nitrogen and oxygen atoms in total. The van der Waals surface area contributed by atoms with Gasteiger partial charge in [0.25, 0.3) is 5.91 Å². The van der Waals surface area contributed by atoms with Crippen LogP contribution in [0.15, 0.2) is 22.7 Å². The van der Waals surface area contributed by atoms with E-state index in [1.807, 2.05) is 13.8 Å². The van der Waals surface area contributed by atoms with Crippen LogP contribution in [0.25, 0.3) is 0 Å². The van der Waals surface area contributed by atoms with Crippen LogP contribution in [0.5, 0.6) is 0 Å². The van der Waals surface area contributed by atoms with Crippen LogP contribution in [0.2, 0.25) is 0 Å². The highest BCUT2D eigenvalue weighted by molar-refractivity contribution is 9.10. The van der Waals surface area contributed by atoms with Crippen molar-refractivity contribution in [3.05, 3.63) is 33.8 Å². The fraction of sp³-hybridized carbons (Fsp3) is 0.467. The Morgan fingerprint density at radius 1 is 1.38 bits per heavy atom. The molecule has 1 atom stereocenters. The van der Waals surface area contributed by atoms with Gasteiger partial charge in [0.05, 0.1) is 17.8 Å². The van der Waals surface area contributed by atoms with Crippen molar-refractivity contribution in [1.82, 2.24) is 4.90 Å². The molecule has 6 heteroatoms. The molecule has 1 fully saturated rings. The monoisotopic (exact) mass is 355 g/mol. The lowest BCUT2D eigenvalue weighted by Crippen LogP contribution is -2.51. The first-order valence-electron chi connectivity index (χ1n) is 6.82. The standard InChI is InChI=1S/C15H18BrNO4/c1-3-15(2)9-17(4-5-21-15)13(18)10-6-11(14(19)20)8-12(16)7-10/h6-8H,3-5,9H2,1-2H3,(H,19,20). The summed E-state index contributed by atoms with van der Waals surface area (Å²) in [6, 6.07) is 4.54. The predicted molar refractivity (Wildman–Crippen MR) is 81.7 cm³/mol. The van der Waals surface area contributed by atoms with Crippen molar-refractivity contribution in [1.29, 1.82) is 0 Å².